The maximum Gasteiger partial charge on any atom is 0.257 e. The number of aromatic nitrogens is 4. The fourth-order valence-electron chi connectivity index (χ4n) is 4.12. The second-order valence-corrected chi connectivity index (χ2v) is 8.59. The van der Waals surface area contributed by atoms with Gasteiger partial charge in [0.25, 0.3) is 5.91 Å². The lowest BCUT2D eigenvalue weighted by atomic mass is 9.86. The molecule has 1 aromatic heterocycles. The summed E-state index contributed by atoms with van der Waals surface area (Å²) < 4.78 is 7.62. The highest BCUT2D eigenvalue weighted by Gasteiger charge is 2.45. The normalized spacial score (nSPS) is 19.5. The fourth-order valence-corrected chi connectivity index (χ4v) is 4.12. The summed E-state index contributed by atoms with van der Waals surface area (Å²) in [6.07, 6.45) is 2.79. The highest BCUT2D eigenvalue weighted by molar-refractivity contribution is 5.97. The molecule has 1 amide bonds. The fraction of sp³-hybridized carbons (Fsp3) is 0.636. The Hall–Kier alpha value is -2.48. The van der Waals surface area contributed by atoms with Gasteiger partial charge in [0.15, 0.2) is 5.82 Å². The van der Waals surface area contributed by atoms with E-state index in [4.69, 9.17) is 4.74 Å². The van der Waals surface area contributed by atoms with Crippen LogP contribution in [0.4, 0.5) is 0 Å². The molecule has 1 aliphatic heterocycles. The lowest BCUT2D eigenvalue weighted by Gasteiger charge is -2.46. The van der Waals surface area contributed by atoms with Crippen molar-refractivity contribution in [1.29, 1.82) is 0 Å². The molecule has 1 atom stereocenters. The predicted octanol–water partition coefficient (Wildman–Crippen LogP) is 2.81. The van der Waals surface area contributed by atoms with Gasteiger partial charge in [0.2, 0.25) is 0 Å². The van der Waals surface area contributed by atoms with Gasteiger partial charge >= 0.3 is 0 Å². The number of piperidine rings is 1. The molecule has 0 bridgehead atoms. The average Bonchev–Trinajstić information content (AvgIpc) is 3.21. The van der Waals surface area contributed by atoms with Crippen molar-refractivity contribution in [3.63, 3.8) is 0 Å². The van der Waals surface area contributed by atoms with Crippen LogP contribution < -0.4 is 4.74 Å². The largest absolute Gasteiger partial charge is 0.493 e. The number of likely N-dealkylation sites (tertiary alicyclic amines) is 1. The standard InChI is InChI=1S/C22H34N6O2/c1-6-30-19-11-8-7-10-18(19)20(29)27-14-9-13-22(16-27,26(4)5)21-23-24-25-28(21)15-12-17(2)3/h7-8,10-11,17H,6,9,12-16H2,1-5H3. The molecule has 0 saturated carbocycles. The van der Waals surface area contributed by atoms with Gasteiger partial charge in [-0.1, -0.05) is 26.0 Å². The van der Waals surface area contributed by atoms with Crippen molar-refractivity contribution in [1.82, 2.24) is 30.0 Å². The van der Waals surface area contributed by atoms with Gasteiger partial charge in [-0.25, -0.2) is 4.68 Å². The number of aryl methyl sites for hydroxylation is 1. The third-order valence-electron chi connectivity index (χ3n) is 5.90. The highest BCUT2D eigenvalue weighted by atomic mass is 16.5. The first-order valence-corrected chi connectivity index (χ1v) is 10.8. The molecule has 8 nitrogen and oxygen atoms in total. The van der Waals surface area contributed by atoms with Gasteiger partial charge in [-0.3, -0.25) is 9.69 Å². The Morgan fingerprint density at radius 1 is 1.30 bits per heavy atom. The summed E-state index contributed by atoms with van der Waals surface area (Å²) in [5.74, 6) is 2.03. The van der Waals surface area contributed by atoms with Crippen molar-refractivity contribution in [3.05, 3.63) is 35.7 Å². The molecule has 30 heavy (non-hydrogen) atoms. The Morgan fingerprint density at radius 3 is 2.77 bits per heavy atom. The van der Waals surface area contributed by atoms with E-state index < -0.39 is 5.54 Å². The third kappa shape index (κ3) is 4.48. The van der Waals surface area contributed by atoms with Crippen LogP contribution in [0.25, 0.3) is 0 Å². The molecular formula is C22H34N6O2. The van der Waals surface area contributed by atoms with E-state index in [0.29, 0.717) is 36.9 Å². The number of ether oxygens (including phenoxy) is 1. The Bertz CT molecular complexity index is 850. The first-order valence-electron chi connectivity index (χ1n) is 10.8. The molecule has 0 radical (unpaired) electrons. The summed E-state index contributed by atoms with van der Waals surface area (Å²) in [5, 5.41) is 12.7. The van der Waals surface area contributed by atoms with Gasteiger partial charge < -0.3 is 9.64 Å². The number of hydrogen-bond acceptors (Lipinski definition) is 6. The van der Waals surface area contributed by atoms with E-state index in [-0.39, 0.29) is 5.91 Å². The van der Waals surface area contributed by atoms with Crippen molar-refractivity contribution in [2.45, 2.75) is 52.1 Å². The third-order valence-corrected chi connectivity index (χ3v) is 5.90. The number of likely N-dealkylation sites (N-methyl/N-ethyl adjacent to an activating group) is 1. The summed E-state index contributed by atoms with van der Waals surface area (Å²) in [5.41, 5.74) is 0.183. The van der Waals surface area contributed by atoms with Gasteiger partial charge in [0.05, 0.1) is 12.2 Å². The zero-order chi connectivity index (χ0) is 21.7. The maximum atomic E-state index is 13.4. The lowest BCUT2D eigenvalue weighted by molar-refractivity contribution is 0.0254. The van der Waals surface area contributed by atoms with Crippen molar-refractivity contribution >= 4 is 5.91 Å². The minimum absolute atomic E-state index is 0.00817. The average molecular weight is 415 g/mol. The van der Waals surface area contributed by atoms with E-state index in [2.05, 4.69) is 34.3 Å². The van der Waals surface area contributed by atoms with Crippen LogP contribution in [0.15, 0.2) is 24.3 Å². The van der Waals surface area contributed by atoms with Crippen LogP contribution in [0.5, 0.6) is 5.75 Å². The Kier molecular flexibility index (Phi) is 7.07. The second kappa shape index (κ2) is 9.55. The number of nitrogens with zero attached hydrogens (tertiary/aromatic N) is 6. The Balaban J connectivity index is 1.90. The molecule has 0 N–H and O–H groups in total. The summed E-state index contributed by atoms with van der Waals surface area (Å²) in [6, 6.07) is 7.47. The van der Waals surface area contributed by atoms with Crippen LogP contribution >= 0.6 is 0 Å². The van der Waals surface area contributed by atoms with Crippen molar-refractivity contribution in [2.75, 3.05) is 33.8 Å². The van der Waals surface area contributed by atoms with E-state index in [9.17, 15) is 4.79 Å². The maximum absolute atomic E-state index is 13.4. The zero-order valence-corrected chi connectivity index (χ0v) is 18.8. The van der Waals surface area contributed by atoms with Crippen molar-refractivity contribution < 1.29 is 9.53 Å². The van der Waals surface area contributed by atoms with Gasteiger partial charge in [0, 0.05) is 19.6 Å². The number of carbonyl (C=O) groups excluding carboxylic acids is 1. The molecule has 0 aliphatic carbocycles. The van der Waals surface area contributed by atoms with Crippen molar-refractivity contribution in [2.24, 2.45) is 5.92 Å². The Labute approximate surface area is 179 Å². The second-order valence-electron chi connectivity index (χ2n) is 8.59. The molecule has 1 unspecified atom stereocenters. The number of rotatable bonds is 8. The van der Waals surface area contributed by atoms with Gasteiger partial charge in [0.1, 0.15) is 11.3 Å². The molecule has 1 aliphatic rings. The van der Waals surface area contributed by atoms with Gasteiger partial charge in [-0.15, -0.1) is 5.10 Å². The molecular weight excluding hydrogens is 380 g/mol. The Morgan fingerprint density at radius 2 is 2.07 bits per heavy atom. The molecule has 1 fully saturated rings. The predicted molar refractivity (Wildman–Crippen MR) is 115 cm³/mol. The molecule has 2 heterocycles. The van der Waals surface area contributed by atoms with Crippen LogP contribution in [-0.4, -0.2) is 69.7 Å². The first-order chi connectivity index (χ1) is 14.4. The van der Waals surface area contributed by atoms with Crippen LogP contribution in [0, 0.1) is 5.92 Å². The number of tetrazole rings is 1. The minimum atomic E-state index is -0.422. The topological polar surface area (TPSA) is 76.4 Å². The monoisotopic (exact) mass is 414 g/mol. The number of para-hydroxylation sites is 1. The molecule has 1 saturated heterocycles. The molecule has 0 spiro atoms. The van der Waals surface area contributed by atoms with E-state index >= 15 is 0 Å². The molecule has 3 rings (SSSR count). The van der Waals surface area contributed by atoms with Gasteiger partial charge in [-0.2, -0.15) is 0 Å². The van der Waals surface area contributed by atoms with E-state index in [1.54, 1.807) is 0 Å². The quantitative estimate of drug-likeness (QED) is 0.661. The summed E-state index contributed by atoms with van der Waals surface area (Å²) in [7, 11) is 4.09. The minimum Gasteiger partial charge on any atom is -0.493 e. The van der Waals surface area contributed by atoms with Crippen LogP contribution in [-0.2, 0) is 12.1 Å². The number of amides is 1. The zero-order valence-electron chi connectivity index (χ0n) is 18.8. The smallest absolute Gasteiger partial charge is 0.257 e. The summed E-state index contributed by atoms with van der Waals surface area (Å²) in [4.78, 5) is 17.5. The molecule has 164 valence electrons. The van der Waals surface area contributed by atoms with Crippen LogP contribution in [0.1, 0.15) is 56.2 Å². The summed E-state index contributed by atoms with van der Waals surface area (Å²) >= 11 is 0. The molecule has 8 heteroatoms. The molecule has 1 aromatic carbocycles. The highest BCUT2D eigenvalue weighted by Crippen LogP contribution is 2.36. The number of hydrogen-bond donors (Lipinski definition) is 0. The van der Waals surface area contributed by atoms with E-state index in [1.165, 1.54) is 0 Å². The van der Waals surface area contributed by atoms with E-state index in [1.807, 2.05) is 54.9 Å². The summed E-state index contributed by atoms with van der Waals surface area (Å²) in [6.45, 7) is 8.87. The van der Waals surface area contributed by atoms with E-state index in [0.717, 1.165) is 31.6 Å². The van der Waals surface area contributed by atoms with Crippen LogP contribution in [0.3, 0.4) is 0 Å². The number of carbonyl (C=O) groups is 1. The van der Waals surface area contributed by atoms with Crippen molar-refractivity contribution in [3.8, 4) is 5.75 Å². The number of benzene rings is 1. The first kappa shape index (κ1) is 22.2. The SMILES string of the molecule is CCOc1ccccc1C(=O)N1CCCC(c2nnnn2CCC(C)C)(N(C)C)C1. The molecule has 2 aromatic rings. The lowest BCUT2D eigenvalue weighted by Crippen LogP contribution is -2.56. The van der Waals surface area contributed by atoms with Crippen LogP contribution in [0.2, 0.25) is 0 Å². The van der Waals surface area contributed by atoms with Gasteiger partial charge in [-0.05, 0) is 68.8 Å².